The Kier molecular flexibility index (Phi) is 6.19. The van der Waals surface area contributed by atoms with Gasteiger partial charge in [-0.2, -0.15) is 0 Å². The van der Waals surface area contributed by atoms with Crippen LogP contribution in [0.2, 0.25) is 0 Å². The zero-order valence-electron chi connectivity index (χ0n) is 10.3. The van der Waals surface area contributed by atoms with E-state index in [1.54, 1.807) is 7.11 Å². The molecule has 4 heteroatoms. The molecule has 0 aliphatic heterocycles. The molecule has 1 N–H and O–H groups in total. The van der Waals surface area contributed by atoms with Crippen LogP contribution < -0.4 is 9.47 Å². The van der Waals surface area contributed by atoms with Gasteiger partial charge in [0.05, 0.1) is 14.2 Å². The molecule has 0 amide bonds. The predicted octanol–water partition coefficient (Wildman–Crippen LogP) is 3.52. The Balaban J connectivity index is 2.73. The zero-order valence-corrected chi connectivity index (χ0v) is 11.9. The van der Waals surface area contributed by atoms with Crippen molar-refractivity contribution in [1.82, 2.24) is 0 Å². The lowest BCUT2D eigenvalue weighted by Crippen LogP contribution is -1.94. The molecule has 0 spiro atoms. The van der Waals surface area contributed by atoms with Crippen LogP contribution in [-0.2, 0) is 6.42 Å². The van der Waals surface area contributed by atoms with Crippen molar-refractivity contribution in [3.05, 3.63) is 17.7 Å². The van der Waals surface area contributed by atoms with Crippen molar-refractivity contribution in [3.63, 3.8) is 0 Å². The summed E-state index contributed by atoms with van der Waals surface area (Å²) in [7, 11) is 3.10. The summed E-state index contributed by atoms with van der Waals surface area (Å²) in [5.74, 6) is 1.19. The Hall–Kier alpha value is -0.900. The molecule has 0 radical (unpaired) electrons. The third-order valence-corrected chi connectivity index (χ3v) is 3.24. The van der Waals surface area contributed by atoms with Gasteiger partial charge in [-0.05, 0) is 30.9 Å². The number of unbranched alkanes of at least 4 members (excludes halogenated alkanes) is 2. The van der Waals surface area contributed by atoms with E-state index < -0.39 is 0 Å². The van der Waals surface area contributed by atoms with Crippen LogP contribution >= 0.6 is 15.9 Å². The minimum atomic E-state index is 0.200. The van der Waals surface area contributed by atoms with Gasteiger partial charge in [-0.3, -0.25) is 0 Å². The molecular formula is C13H19BrO3. The Labute approximate surface area is 111 Å². The Morgan fingerprint density at radius 2 is 1.88 bits per heavy atom. The molecule has 96 valence electrons. The summed E-state index contributed by atoms with van der Waals surface area (Å²) in [6.07, 6.45) is 4.24. The van der Waals surface area contributed by atoms with E-state index >= 15 is 0 Å². The van der Waals surface area contributed by atoms with Gasteiger partial charge < -0.3 is 14.6 Å². The van der Waals surface area contributed by atoms with E-state index in [9.17, 15) is 5.11 Å². The van der Waals surface area contributed by atoms with Crippen LogP contribution in [0.15, 0.2) is 12.1 Å². The Bertz CT molecular complexity index is 353. The molecule has 0 unspecified atom stereocenters. The first-order valence-corrected chi connectivity index (χ1v) is 6.85. The zero-order chi connectivity index (χ0) is 12.7. The van der Waals surface area contributed by atoms with Gasteiger partial charge in [0.15, 0.2) is 11.5 Å². The van der Waals surface area contributed by atoms with Crippen molar-refractivity contribution < 1.29 is 14.6 Å². The van der Waals surface area contributed by atoms with E-state index in [0.717, 1.165) is 36.6 Å². The monoisotopic (exact) mass is 302 g/mol. The van der Waals surface area contributed by atoms with Gasteiger partial charge in [-0.1, -0.05) is 28.4 Å². The number of rotatable bonds is 7. The number of halogens is 1. The van der Waals surface area contributed by atoms with Crippen LogP contribution in [0.3, 0.4) is 0 Å². The van der Waals surface area contributed by atoms with Crippen LogP contribution in [0.1, 0.15) is 24.8 Å². The number of aryl methyl sites for hydroxylation is 1. The van der Waals surface area contributed by atoms with Gasteiger partial charge in [0.25, 0.3) is 0 Å². The highest BCUT2D eigenvalue weighted by Gasteiger charge is 2.13. The van der Waals surface area contributed by atoms with Crippen LogP contribution in [0.25, 0.3) is 0 Å². The maximum Gasteiger partial charge on any atom is 0.203 e. The molecule has 0 fully saturated rings. The second kappa shape index (κ2) is 7.43. The summed E-state index contributed by atoms with van der Waals surface area (Å²) >= 11 is 3.41. The molecule has 0 saturated carbocycles. The second-order valence-electron chi connectivity index (χ2n) is 3.81. The van der Waals surface area contributed by atoms with E-state index in [4.69, 9.17) is 9.47 Å². The molecule has 17 heavy (non-hydrogen) atoms. The van der Waals surface area contributed by atoms with Crippen molar-refractivity contribution >= 4 is 15.9 Å². The predicted molar refractivity (Wildman–Crippen MR) is 72.6 cm³/mol. The minimum Gasteiger partial charge on any atom is -0.504 e. The Morgan fingerprint density at radius 3 is 2.47 bits per heavy atom. The smallest absolute Gasteiger partial charge is 0.203 e. The van der Waals surface area contributed by atoms with Crippen molar-refractivity contribution in [2.45, 2.75) is 25.7 Å². The van der Waals surface area contributed by atoms with Gasteiger partial charge in [0.2, 0.25) is 5.75 Å². The minimum absolute atomic E-state index is 0.200. The standard InChI is InChI=1S/C13H19BrO3/c1-16-11-8-7-10(6-4-3-5-9-14)12(15)13(11)17-2/h7-8,15H,3-6,9H2,1-2H3. The number of benzene rings is 1. The molecule has 0 heterocycles. The molecular weight excluding hydrogens is 284 g/mol. The summed E-state index contributed by atoms with van der Waals surface area (Å²) in [5, 5.41) is 11.1. The van der Waals surface area contributed by atoms with Gasteiger partial charge in [0, 0.05) is 5.33 Å². The molecule has 0 aliphatic rings. The fourth-order valence-electron chi connectivity index (χ4n) is 1.74. The van der Waals surface area contributed by atoms with E-state index in [2.05, 4.69) is 15.9 Å². The lowest BCUT2D eigenvalue weighted by molar-refractivity contribution is 0.331. The van der Waals surface area contributed by atoms with E-state index in [-0.39, 0.29) is 5.75 Å². The number of hydrogen-bond acceptors (Lipinski definition) is 3. The van der Waals surface area contributed by atoms with Crippen molar-refractivity contribution in [1.29, 1.82) is 0 Å². The molecule has 0 bridgehead atoms. The third kappa shape index (κ3) is 3.80. The highest BCUT2D eigenvalue weighted by molar-refractivity contribution is 9.09. The number of methoxy groups -OCH3 is 2. The van der Waals surface area contributed by atoms with Gasteiger partial charge in [0.1, 0.15) is 0 Å². The van der Waals surface area contributed by atoms with Crippen LogP contribution in [0, 0.1) is 0 Å². The van der Waals surface area contributed by atoms with Crippen molar-refractivity contribution in [2.75, 3.05) is 19.5 Å². The molecule has 0 aromatic heterocycles. The average molecular weight is 303 g/mol. The SMILES string of the molecule is COc1ccc(CCCCCBr)c(O)c1OC. The summed E-state index contributed by atoms with van der Waals surface area (Å²) in [5.41, 5.74) is 0.914. The van der Waals surface area contributed by atoms with E-state index in [1.165, 1.54) is 7.11 Å². The van der Waals surface area contributed by atoms with Crippen LogP contribution in [0.4, 0.5) is 0 Å². The number of alkyl halides is 1. The van der Waals surface area contributed by atoms with Crippen molar-refractivity contribution in [3.8, 4) is 17.2 Å². The summed E-state index contributed by atoms with van der Waals surface area (Å²) in [6, 6.07) is 3.73. The normalized spacial score (nSPS) is 10.3. The fraction of sp³-hybridized carbons (Fsp3) is 0.538. The molecule has 0 aliphatic carbocycles. The first-order chi connectivity index (χ1) is 8.24. The van der Waals surface area contributed by atoms with Crippen LogP contribution in [-0.4, -0.2) is 24.7 Å². The number of phenolic OH excluding ortho intramolecular Hbond substituents is 1. The average Bonchev–Trinajstić information content (AvgIpc) is 2.35. The number of hydrogen-bond donors (Lipinski definition) is 1. The van der Waals surface area contributed by atoms with Crippen molar-refractivity contribution in [2.24, 2.45) is 0 Å². The largest absolute Gasteiger partial charge is 0.504 e. The van der Waals surface area contributed by atoms with Gasteiger partial charge in [-0.25, -0.2) is 0 Å². The van der Waals surface area contributed by atoms with Gasteiger partial charge in [-0.15, -0.1) is 0 Å². The molecule has 1 aromatic carbocycles. The lowest BCUT2D eigenvalue weighted by Gasteiger charge is -2.12. The summed E-state index contributed by atoms with van der Waals surface area (Å²) in [6.45, 7) is 0. The van der Waals surface area contributed by atoms with E-state index in [0.29, 0.717) is 11.5 Å². The number of phenols is 1. The topological polar surface area (TPSA) is 38.7 Å². The maximum atomic E-state index is 10.0. The summed E-state index contributed by atoms with van der Waals surface area (Å²) < 4.78 is 10.3. The quantitative estimate of drug-likeness (QED) is 0.619. The maximum absolute atomic E-state index is 10.0. The molecule has 1 aromatic rings. The summed E-state index contributed by atoms with van der Waals surface area (Å²) in [4.78, 5) is 0. The first kappa shape index (κ1) is 14.2. The second-order valence-corrected chi connectivity index (χ2v) is 4.60. The third-order valence-electron chi connectivity index (χ3n) is 2.68. The molecule has 0 saturated heterocycles. The fourth-order valence-corrected chi connectivity index (χ4v) is 2.14. The highest BCUT2D eigenvalue weighted by Crippen LogP contribution is 2.39. The lowest BCUT2D eigenvalue weighted by atomic mass is 10.1. The number of aromatic hydroxyl groups is 1. The molecule has 1 rings (SSSR count). The van der Waals surface area contributed by atoms with Gasteiger partial charge >= 0.3 is 0 Å². The number of ether oxygens (including phenoxy) is 2. The molecule has 0 atom stereocenters. The van der Waals surface area contributed by atoms with E-state index in [1.807, 2.05) is 12.1 Å². The molecule has 3 nitrogen and oxygen atoms in total. The Morgan fingerprint density at radius 1 is 1.12 bits per heavy atom. The first-order valence-electron chi connectivity index (χ1n) is 5.73. The van der Waals surface area contributed by atoms with Crippen LogP contribution in [0.5, 0.6) is 17.2 Å². The highest BCUT2D eigenvalue weighted by atomic mass is 79.9.